The van der Waals surface area contributed by atoms with Crippen molar-refractivity contribution in [2.75, 3.05) is 112 Å². The first kappa shape index (κ1) is 45.9. The maximum absolute atomic E-state index is 8.63. The Bertz CT molecular complexity index is 1560. The minimum absolute atomic E-state index is 0.322. The van der Waals surface area contributed by atoms with Gasteiger partial charge in [0.2, 0.25) is 35.7 Å². The van der Waals surface area contributed by atoms with E-state index in [1.807, 2.05) is 111 Å². The third-order valence-electron chi connectivity index (χ3n) is 7.12. The largest absolute Gasteiger partial charge is 0.508 e. The molecule has 294 valence electrons. The van der Waals surface area contributed by atoms with Gasteiger partial charge in [-0.15, -0.1) is 0 Å². The van der Waals surface area contributed by atoms with Crippen molar-refractivity contribution in [1.82, 2.24) is 29.9 Å². The summed E-state index contributed by atoms with van der Waals surface area (Å²) in [7, 11) is 17.5. The Balaban J connectivity index is 0.000000358. The molecule has 3 aromatic carbocycles. The molecule has 15 nitrogen and oxygen atoms in total. The Labute approximate surface area is 321 Å². The van der Waals surface area contributed by atoms with Crippen molar-refractivity contribution in [2.24, 2.45) is 0 Å². The average molecular weight is 745 g/mol. The van der Waals surface area contributed by atoms with Gasteiger partial charge >= 0.3 is 0 Å². The van der Waals surface area contributed by atoms with E-state index in [2.05, 4.69) is 50.7 Å². The van der Waals surface area contributed by atoms with Gasteiger partial charge in [0, 0.05) is 83.1 Å². The summed E-state index contributed by atoms with van der Waals surface area (Å²) in [5.74, 6) is 5.12. The summed E-state index contributed by atoms with van der Waals surface area (Å²) in [6.07, 6.45) is 0. The molecule has 0 bridgehead atoms. The van der Waals surface area contributed by atoms with E-state index in [0.29, 0.717) is 52.9 Å². The van der Waals surface area contributed by atoms with Crippen LogP contribution in [0, 0.1) is 0 Å². The lowest BCUT2D eigenvalue weighted by molar-refractivity contribution is 0.475. The molecule has 0 aliphatic carbocycles. The summed E-state index contributed by atoms with van der Waals surface area (Å²) in [5, 5.41) is 25.9. The van der Waals surface area contributed by atoms with E-state index in [1.165, 1.54) is 0 Å². The lowest BCUT2D eigenvalue weighted by Gasteiger charge is -2.21. The van der Waals surface area contributed by atoms with Crippen LogP contribution in [0.5, 0.6) is 17.2 Å². The van der Waals surface area contributed by atoms with Gasteiger partial charge < -0.3 is 44.7 Å². The van der Waals surface area contributed by atoms with Crippen molar-refractivity contribution in [2.45, 2.75) is 20.8 Å². The van der Waals surface area contributed by atoms with Crippen LogP contribution >= 0.6 is 0 Å². The summed E-state index contributed by atoms with van der Waals surface area (Å²) in [5.41, 5.74) is 0. The lowest BCUT2D eigenvalue weighted by Crippen LogP contribution is -2.26. The van der Waals surface area contributed by atoms with E-state index in [9.17, 15) is 0 Å². The normalized spacial score (nSPS) is 9.56. The van der Waals surface area contributed by atoms with Gasteiger partial charge in [0.25, 0.3) is 0 Å². The van der Waals surface area contributed by atoms with Crippen molar-refractivity contribution < 1.29 is 15.3 Å². The maximum Gasteiger partial charge on any atom is 0.231 e. The Hall–Kier alpha value is -6.12. The number of phenols is 3. The van der Waals surface area contributed by atoms with Gasteiger partial charge in [0.1, 0.15) is 17.2 Å². The molecule has 15 heteroatoms. The van der Waals surface area contributed by atoms with Crippen LogP contribution in [-0.2, 0) is 0 Å². The summed E-state index contributed by atoms with van der Waals surface area (Å²) in [4.78, 5) is 38.1. The van der Waals surface area contributed by atoms with Crippen molar-refractivity contribution >= 4 is 35.7 Å². The maximum atomic E-state index is 8.63. The summed E-state index contributed by atoms with van der Waals surface area (Å²) >= 11 is 0. The van der Waals surface area contributed by atoms with Crippen LogP contribution in [-0.4, -0.2) is 128 Å². The SMILES string of the molecule is CCN(C)c1nc(N(C)C)nc(N(C)C)n1.CCN(C)c1nc(N(C)C)nc(N(C)CC)n1.Oc1ccccc1.Oc1ccccc1.Oc1ccccc1. The van der Waals surface area contributed by atoms with Gasteiger partial charge in [-0.05, 0) is 57.2 Å². The third-order valence-corrected chi connectivity index (χ3v) is 7.12. The zero-order chi connectivity index (χ0) is 40.6. The third kappa shape index (κ3) is 17.9. The van der Waals surface area contributed by atoms with Crippen LogP contribution in [0.3, 0.4) is 0 Å². The summed E-state index contributed by atoms with van der Waals surface area (Å²) in [6, 6.07) is 26.1. The fraction of sp³-hybridized carbons (Fsp3) is 0.385. The number of hydrogen-bond acceptors (Lipinski definition) is 15. The van der Waals surface area contributed by atoms with Gasteiger partial charge in [0.05, 0.1) is 0 Å². The highest BCUT2D eigenvalue weighted by molar-refractivity contribution is 5.46. The van der Waals surface area contributed by atoms with Crippen LogP contribution in [0.1, 0.15) is 20.8 Å². The number of hydrogen-bond donors (Lipinski definition) is 3. The van der Waals surface area contributed by atoms with Crippen LogP contribution in [0.25, 0.3) is 0 Å². The van der Waals surface area contributed by atoms with Gasteiger partial charge in [0.15, 0.2) is 0 Å². The van der Waals surface area contributed by atoms with Crippen LogP contribution in [0.4, 0.5) is 35.7 Å². The molecule has 0 spiro atoms. The first-order chi connectivity index (χ1) is 25.6. The van der Waals surface area contributed by atoms with E-state index >= 15 is 0 Å². The second kappa shape index (κ2) is 25.0. The molecule has 0 atom stereocenters. The van der Waals surface area contributed by atoms with Crippen molar-refractivity contribution in [3.05, 3.63) is 91.0 Å². The second-order valence-electron chi connectivity index (χ2n) is 12.2. The molecule has 0 aliphatic rings. The van der Waals surface area contributed by atoms with Gasteiger partial charge in [-0.1, -0.05) is 54.6 Å². The molecule has 2 heterocycles. The smallest absolute Gasteiger partial charge is 0.231 e. The van der Waals surface area contributed by atoms with Gasteiger partial charge in [-0.25, -0.2) is 0 Å². The minimum atomic E-state index is 0.322. The van der Waals surface area contributed by atoms with Crippen molar-refractivity contribution in [1.29, 1.82) is 0 Å². The molecule has 3 N–H and O–H groups in total. The number of aromatic nitrogens is 6. The molecule has 0 radical (unpaired) electrons. The molecule has 5 rings (SSSR count). The fourth-order valence-corrected chi connectivity index (χ4v) is 3.51. The predicted octanol–water partition coefficient (Wildman–Crippen LogP) is 5.49. The molecule has 5 aromatic rings. The highest BCUT2D eigenvalue weighted by Crippen LogP contribution is 2.17. The van der Waals surface area contributed by atoms with Crippen molar-refractivity contribution in [3.8, 4) is 17.2 Å². The molecule has 0 aliphatic heterocycles. The number of para-hydroxylation sites is 3. The number of anilines is 6. The van der Waals surface area contributed by atoms with Crippen molar-refractivity contribution in [3.63, 3.8) is 0 Å². The van der Waals surface area contributed by atoms with Crippen LogP contribution in [0.15, 0.2) is 91.0 Å². The first-order valence-electron chi connectivity index (χ1n) is 17.5. The molecule has 0 fully saturated rings. The topological polar surface area (TPSA) is 157 Å². The fourth-order valence-electron chi connectivity index (χ4n) is 3.51. The monoisotopic (exact) mass is 744 g/mol. The van der Waals surface area contributed by atoms with Crippen LogP contribution < -0.4 is 29.4 Å². The quantitative estimate of drug-likeness (QED) is 0.174. The minimum Gasteiger partial charge on any atom is -0.508 e. The highest BCUT2D eigenvalue weighted by Gasteiger charge is 2.13. The second-order valence-corrected chi connectivity index (χ2v) is 12.2. The van der Waals surface area contributed by atoms with Gasteiger partial charge in [-0.3, -0.25) is 0 Å². The van der Waals surface area contributed by atoms with E-state index in [4.69, 9.17) is 15.3 Å². The number of aromatic hydroxyl groups is 3. The molecule has 0 amide bonds. The van der Waals surface area contributed by atoms with E-state index in [-0.39, 0.29) is 0 Å². The molecular formula is C39H60N12O3. The van der Waals surface area contributed by atoms with E-state index in [0.717, 1.165) is 19.6 Å². The first-order valence-corrected chi connectivity index (χ1v) is 17.5. The molecule has 0 unspecified atom stereocenters. The van der Waals surface area contributed by atoms with E-state index < -0.39 is 0 Å². The molecular weight excluding hydrogens is 685 g/mol. The number of phenolic OH excluding ortho intramolecular Hbond substituents is 3. The average Bonchev–Trinajstić information content (AvgIpc) is 3.18. The highest BCUT2D eigenvalue weighted by atomic mass is 16.3. The summed E-state index contributed by atoms with van der Waals surface area (Å²) < 4.78 is 0. The van der Waals surface area contributed by atoms with Crippen LogP contribution in [0.2, 0.25) is 0 Å². The Kier molecular flexibility index (Phi) is 21.2. The Morgan fingerprint density at radius 1 is 0.333 bits per heavy atom. The molecule has 2 aromatic heterocycles. The van der Waals surface area contributed by atoms with E-state index in [1.54, 1.807) is 72.8 Å². The number of benzene rings is 3. The van der Waals surface area contributed by atoms with Gasteiger partial charge in [-0.2, -0.15) is 29.9 Å². The molecule has 0 saturated carbocycles. The molecule has 0 saturated heterocycles. The molecule has 54 heavy (non-hydrogen) atoms. The Morgan fingerprint density at radius 3 is 0.667 bits per heavy atom. The Morgan fingerprint density at radius 2 is 0.519 bits per heavy atom. The standard InChI is InChI=1S/C11H22N6.C10H20N6.3C6H6O/c1-7-16(5)10-12-9(15(3)4)13-11(14-10)17(6)8-2;1-7-16(6)10-12-8(14(2)3)11-9(13-10)15(4)5;3*7-6-4-2-1-3-5-6/h7-8H2,1-6H3;7H2,1-6H3;3*1-5,7H. The zero-order valence-electron chi connectivity index (χ0n) is 34.0. The number of rotatable bonds is 9. The zero-order valence-corrected chi connectivity index (χ0v) is 34.0. The predicted molar refractivity (Wildman–Crippen MR) is 224 cm³/mol. The number of nitrogens with zero attached hydrogens (tertiary/aromatic N) is 12. The lowest BCUT2D eigenvalue weighted by atomic mass is 10.3. The summed E-state index contributed by atoms with van der Waals surface area (Å²) in [6.45, 7) is 8.81.